The zero-order valence-electron chi connectivity index (χ0n) is 12.6. The predicted molar refractivity (Wildman–Crippen MR) is 78.7 cm³/mol. The normalized spacial score (nSPS) is 12.2. The first-order valence-electron chi connectivity index (χ1n) is 7.18. The lowest BCUT2D eigenvalue weighted by Crippen LogP contribution is -2.22. The van der Waals surface area contributed by atoms with E-state index in [0.717, 1.165) is 12.1 Å². The maximum atomic E-state index is 13.3. The van der Waals surface area contributed by atoms with Crippen LogP contribution in [0.5, 0.6) is 0 Å². The van der Waals surface area contributed by atoms with Crippen LogP contribution in [-0.2, 0) is 13.2 Å². The number of aliphatic hydroxyl groups is 1. The van der Waals surface area contributed by atoms with Gasteiger partial charge in [0.05, 0.1) is 12.3 Å². The van der Waals surface area contributed by atoms with Crippen molar-refractivity contribution in [1.82, 2.24) is 10.5 Å². The van der Waals surface area contributed by atoms with Crippen LogP contribution in [0.25, 0.3) is 0 Å². The lowest BCUT2D eigenvalue weighted by Gasteiger charge is -2.05. The molecule has 0 fully saturated rings. The number of aromatic nitrogens is 1. The minimum Gasteiger partial charge on any atom is -0.392 e. The van der Waals surface area contributed by atoms with Crippen LogP contribution in [0, 0.1) is 5.82 Å². The number of aliphatic hydroxyl groups excluding tert-OH is 1. The summed E-state index contributed by atoms with van der Waals surface area (Å²) in [6.45, 7) is 3.88. The van der Waals surface area contributed by atoms with Crippen LogP contribution in [0.1, 0.15) is 53.6 Å². The number of carbonyl (C=O) groups is 1. The Morgan fingerprint density at radius 2 is 2.23 bits per heavy atom. The average molecular weight is 306 g/mol. The van der Waals surface area contributed by atoms with Gasteiger partial charge in [0.1, 0.15) is 5.82 Å². The number of nitrogens with one attached hydrogen (secondary N) is 1. The molecule has 1 heterocycles. The monoisotopic (exact) mass is 306 g/mol. The summed E-state index contributed by atoms with van der Waals surface area (Å²) in [7, 11) is 0. The Hall–Kier alpha value is -2.21. The van der Waals surface area contributed by atoms with E-state index in [1.165, 1.54) is 12.1 Å². The van der Waals surface area contributed by atoms with E-state index in [1.54, 1.807) is 12.1 Å². The molecule has 0 aliphatic carbocycles. The molecule has 2 N–H and O–H groups in total. The smallest absolute Gasteiger partial charge is 0.290 e. The van der Waals surface area contributed by atoms with Gasteiger partial charge in [-0.25, -0.2) is 4.39 Å². The van der Waals surface area contributed by atoms with Crippen molar-refractivity contribution in [1.29, 1.82) is 0 Å². The van der Waals surface area contributed by atoms with Crippen molar-refractivity contribution in [2.75, 3.05) is 0 Å². The first-order valence-corrected chi connectivity index (χ1v) is 7.18. The highest BCUT2D eigenvalue weighted by Gasteiger charge is 2.15. The minimum atomic E-state index is -0.467. The number of amides is 1. The molecule has 0 bridgehead atoms. The molecular weight excluding hydrogens is 287 g/mol. The average Bonchev–Trinajstić information content (AvgIpc) is 3.03. The molecule has 2 aromatic rings. The quantitative estimate of drug-likeness (QED) is 0.860. The second-order valence-corrected chi connectivity index (χ2v) is 5.19. The maximum Gasteiger partial charge on any atom is 0.290 e. The van der Waals surface area contributed by atoms with E-state index < -0.39 is 5.82 Å². The molecule has 2 rings (SSSR count). The van der Waals surface area contributed by atoms with Gasteiger partial charge in [-0.15, -0.1) is 0 Å². The Bertz CT molecular complexity index is 655. The van der Waals surface area contributed by atoms with Crippen molar-refractivity contribution in [2.45, 2.75) is 39.3 Å². The van der Waals surface area contributed by atoms with Crippen molar-refractivity contribution in [3.05, 3.63) is 52.7 Å². The topological polar surface area (TPSA) is 75.4 Å². The number of nitrogens with zero attached hydrogens (tertiary/aromatic N) is 1. The second-order valence-electron chi connectivity index (χ2n) is 5.19. The number of benzene rings is 1. The molecule has 22 heavy (non-hydrogen) atoms. The molecule has 0 spiro atoms. The van der Waals surface area contributed by atoms with Crippen LogP contribution in [0.2, 0.25) is 0 Å². The highest BCUT2D eigenvalue weighted by atomic mass is 19.1. The van der Waals surface area contributed by atoms with Crippen LogP contribution >= 0.6 is 0 Å². The third-order valence-electron chi connectivity index (χ3n) is 3.60. The standard InChI is InChI=1S/C16H19FN2O3/c1-3-10(2)14-7-15(22-19-14)16(21)18-8-11-4-5-13(17)12(6-11)9-20/h4-7,10,20H,3,8-9H2,1-2H3,(H,18,21). The van der Waals surface area contributed by atoms with Crippen molar-refractivity contribution in [3.63, 3.8) is 0 Å². The number of rotatable bonds is 6. The summed E-state index contributed by atoms with van der Waals surface area (Å²) in [4.78, 5) is 12.0. The van der Waals surface area contributed by atoms with E-state index >= 15 is 0 Å². The molecule has 5 nitrogen and oxygen atoms in total. The molecule has 6 heteroatoms. The Labute approximate surface area is 128 Å². The minimum absolute atomic E-state index is 0.153. The number of hydrogen-bond donors (Lipinski definition) is 2. The van der Waals surface area contributed by atoms with Gasteiger partial charge in [-0.2, -0.15) is 0 Å². The van der Waals surface area contributed by atoms with Crippen LogP contribution in [0.3, 0.4) is 0 Å². The van der Waals surface area contributed by atoms with Crippen LogP contribution in [0.15, 0.2) is 28.8 Å². The van der Waals surface area contributed by atoms with Gasteiger partial charge in [-0.1, -0.05) is 25.1 Å². The second kappa shape index (κ2) is 7.17. The van der Waals surface area contributed by atoms with Crippen LogP contribution in [0.4, 0.5) is 4.39 Å². The van der Waals surface area contributed by atoms with E-state index in [0.29, 0.717) is 5.56 Å². The van der Waals surface area contributed by atoms with Gasteiger partial charge in [0.2, 0.25) is 5.76 Å². The Morgan fingerprint density at radius 3 is 2.91 bits per heavy atom. The third-order valence-corrected chi connectivity index (χ3v) is 3.60. The lowest BCUT2D eigenvalue weighted by atomic mass is 10.1. The molecule has 0 saturated heterocycles. The SMILES string of the molecule is CCC(C)c1cc(C(=O)NCc2ccc(F)c(CO)c2)on1. The fourth-order valence-corrected chi connectivity index (χ4v) is 1.97. The van der Waals surface area contributed by atoms with E-state index in [1.807, 2.05) is 13.8 Å². The summed E-state index contributed by atoms with van der Waals surface area (Å²) in [5.74, 6) is -0.461. The lowest BCUT2D eigenvalue weighted by molar-refractivity contribution is 0.0914. The Morgan fingerprint density at radius 1 is 1.45 bits per heavy atom. The van der Waals surface area contributed by atoms with Crippen LogP contribution < -0.4 is 5.32 Å². The molecule has 1 unspecified atom stereocenters. The molecule has 0 aliphatic rings. The summed E-state index contributed by atoms with van der Waals surface area (Å²) in [5.41, 5.74) is 1.64. The molecule has 1 atom stereocenters. The fourth-order valence-electron chi connectivity index (χ4n) is 1.97. The molecule has 0 aliphatic heterocycles. The van der Waals surface area contributed by atoms with Crippen molar-refractivity contribution in [3.8, 4) is 0 Å². The molecular formula is C16H19FN2O3. The molecule has 118 valence electrons. The predicted octanol–water partition coefficient (Wildman–Crippen LogP) is 2.75. The zero-order chi connectivity index (χ0) is 16.1. The van der Waals surface area contributed by atoms with Gasteiger partial charge < -0.3 is 14.9 Å². The number of halogens is 1. The van der Waals surface area contributed by atoms with Crippen molar-refractivity contribution < 1.29 is 18.8 Å². The molecule has 1 amide bonds. The molecule has 1 aromatic carbocycles. The van der Waals surface area contributed by atoms with E-state index in [2.05, 4.69) is 10.5 Å². The van der Waals surface area contributed by atoms with Gasteiger partial charge in [-0.05, 0) is 24.1 Å². The van der Waals surface area contributed by atoms with E-state index in [4.69, 9.17) is 9.63 Å². The Kier molecular flexibility index (Phi) is 5.27. The summed E-state index contributed by atoms with van der Waals surface area (Å²) in [5, 5.41) is 15.6. The summed E-state index contributed by atoms with van der Waals surface area (Å²) >= 11 is 0. The summed E-state index contributed by atoms with van der Waals surface area (Å²) in [6, 6.07) is 5.97. The van der Waals surface area contributed by atoms with Gasteiger partial charge in [-0.3, -0.25) is 4.79 Å². The van der Waals surface area contributed by atoms with Crippen molar-refractivity contribution >= 4 is 5.91 Å². The summed E-state index contributed by atoms with van der Waals surface area (Å²) < 4.78 is 18.3. The maximum absolute atomic E-state index is 13.3. The van der Waals surface area contributed by atoms with Gasteiger partial charge in [0.15, 0.2) is 0 Å². The largest absolute Gasteiger partial charge is 0.392 e. The van der Waals surface area contributed by atoms with Crippen molar-refractivity contribution in [2.24, 2.45) is 0 Å². The summed E-state index contributed by atoms with van der Waals surface area (Å²) in [6.07, 6.45) is 0.910. The van der Waals surface area contributed by atoms with Gasteiger partial charge >= 0.3 is 0 Å². The third kappa shape index (κ3) is 3.71. The van der Waals surface area contributed by atoms with E-state index in [-0.39, 0.29) is 36.3 Å². The fraction of sp³-hybridized carbons (Fsp3) is 0.375. The molecule has 1 aromatic heterocycles. The Balaban J connectivity index is 1.99. The highest BCUT2D eigenvalue weighted by Crippen LogP contribution is 2.18. The van der Waals surface area contributed by atoms with E-state index in [9.17, 15) is 9.18 Å². The first kappa shape index (κ1) is 16.2. The number of hydrogen-bond acceptors (Lipinski definition) is 4. The molecule has 0 saturated carbocycles. The molecule has 0 radical (unpaired) electrons. The first-order chi connectivity index (χ1) is 10.5. The highest BCUT2D eigenvalue weighted by molar-refractivity contribution is 5.91. The zero-order valence-corrected chi connectivity index (χ0v) is 12.6. The van der Waals surface area contributed by atoms with Gasteiger partial charge in [0.25, 0.3) is 5.91 Å². The number of carbonyl (C=O) groups excluding carboxylic acids is 1. The van der Waals surface area contributed by atoms with Crippen LogP contribution in [-0.4, -0.2) is 16.2 Å². The van der Waals surface area contributed by atoms with Gasteiger partial charge in [0, 0.05) is 24.1 Å².